The van der Waals surface area contributed by atoms with Gasteiger partial charge >= 0.3 is 0 Å². The van der Waals surface area contributed by atoms with Crippen molar-refractivity contribution in [3.05, 3.63) is 24.3 Å². The molecular formula is C14H23N3O3S. The van der Waals surface area contributed by atoms with Crippen molar-refractivity contribution in [3.8, 4) is 0 Å². The zero-order valence-electron chi connectivity index (χ0n) is 12.4. The number of carbonyl (C=O) groups is 1. The van der Waals surface area contributed by atoms with Crippen LogP contribution in [0.5, 0.6) is 0 Å². The van der Waals surface area contributed by atoms with Gasteiger partial charge in [0.2, 0.25) is 15.9 Å². The van der Waals surface area contributed by atoms with Gasteiger partial charge in [0.25, 0.3) is 0 Å². The molecule has 1 rings (SSSR count). The third-order valence-corrected chi connectivity index (χ3v) is 4.19. The summed E-state index contributed by atoms with van der Waals surface area (Å²) in [5.74, 6) is -0.0528. The van der Waals surface area contributed by atoms with Crippen LogP contribution in [0.25, 0.3) is 0 Å². The SMILES string of the molecule is CCS(=O)(=O)Nc1ccc(NC(=O)CCCC(C)N)cc1. The first-order valence-electron chi connectivity index (χ1n) is 6.98. The van der Waals surface area contributed by atoms with Crippen LogP contribution in [-0.4, -0.2) is 26.1 Å². The number of rotatable bonds is 8. The van der Waals surface area contributed by atoms with Gasteiger partial charge in [-0.15, -0.1) is 0 Å². The van der Waals surface area contributed by atoms with Crippen molar-refractivity contribution in [2.75, 3.05) is 15.8 Å². The Balaban J connectivity index is 2.49. The lowest BCUT2D eigenvalue weighted by molar-refractivity contribution is -0.116. The molecule has 0 fully saturated rings. The fraction of sp³-hybridized carbons (Fsp3) is 0.500. The summed E-state index contributed by atoms with van der Waals surface area (Å²) in [4.78, 5) is 11.7. The zero-order chi connectivity index (χ0) is 15.9. The van der Waals surface area contributed by atoms with Crippen molar-refractivity contribution in [2.45, 2.75) is 39.2 Å². The Labute approximate surface area is 126 Å². The van der Waals surface area contributed by atoms with Crippen molar-refractivity contribution in [2.24, 2.45) is 5.73 Å². The highest BCUT2D eigenvalue weighted by Crippen LogP contribution is 2.15. The van der Waals surface area contributed by atoms with Crippen LogP contribution in [0.3, 0.4) is 0 Å². The first kappa shape index (κ1) is 17.5. The van der Waals surface area contributed by atoms with Crippen molar-refractivity contribution in [3.63, 3.8) is 0 Å². The topological polar surface area (TPSA) is 101 Å². The third-order valence-electron chi connectivity index (χ3n) is 2.89. The number of hydrogen-bond donors (Lipinski definition) is 3. The zero-order valence-corrected chi connectivity index (χ0v) is 13.2. The van der Waals surface area contributed by atoms with E-state index in [1.54, 1.807) is 31.2 Å². The number of hydrogen-bond acceptors (Lipinski definition) is 4. The molecule has 0 aromatic heterocycles. The molecule has 7 heteroatoms. The molecule has 0 radical (unpaired) electrons. The van der Waals surface area contributed by atoms with Gasteiger partial charge in [-0.05, 0) is 51.0 Å². The summed E-state index contributed by atoms with van der Waals surface area (Å²) in [5, 5.41) is 2.76. The van der Waals surface area contributed by atoms with E-state index in [2.05, 4.69) is 10.0 Å². The summed E-state index contributed by atoms with van der Waals surface area (Å²) >= 11 is 0. The average Bonchev–Trinajstić information content (AvgIpc) is 2.40. The molecule has 0 bridgehead atoms. The standard InChI is InChI=1S/C14H23N3O3S/c1-3-21(19,20)17-13-9-7-12(8-10-13)16-14(18)6-4-5-11(2)15/h7-11,17H,3-6,15H2,1-2H3,(H,16,18). The molecule has 1 aromatic rings. The number of sulfonamides is 1. The number of carbonyl (C=O) groups excluding carboxylic acids is 1. The molecule has 6 nitrogen and oxygen atoms in total. The number of amides is 1. The van der Waals surface area contributed by atoms with Crippen LogP contribution in [0.2, 0.25) is 0 Å². The van der Waals surface area contributed by atoms with Crippen molar-refractivity contribution in [1.29, 1.82) is 0 Å². The molecule has 1 aromatic carbocycles. The van der Waals surface area contributed by atoms with Gasteiger partial charge in [0.1, 0.15) is 0 Å². The van der Waals surface area contributed by atoms with Gasteiger partial charge in [0, 0.05) is 23.8 Å². The summed E-state index contributed by atoms with van der Waals surface area (Å²) in [6.45, 7) is 3.48. The molecule has 0 saturated heterocycles. The van der Waals surface area contributed by atoms with E-state index >= 15 is 0 Å². The van der Waals surface area contributed by atoms with Gasteiger partial charge in [0.05, 0.1) is 5.75 Å². The molecule has 0 heterocycles. The smallest absolute Gasteiger partial charge is 0.232 e. The van der Waals surface area contributed by atoms with Crippen LogP contribution in [0.15, 0.2) is 24.3 Å². The molecular weight excluding hydrogens is 290 g/mol. The Morgan fingerprint density at radius 1 is 1.24 bits per heavy atom. The number of benzene rings is 1. The van der Waals surface area contributed by atoms with Crippen LogP contribution in [-0.2, 0) is 14.8 Å². The van der Waals surface area contributed by atoms with E-state index in [0.717, 1.165) is 12.8 Å². The highest BCUT2D eigenvalue weighted by molar-refractivity contribution is 7.92. The highest BCUT2D eigenvalue weighted by atomic mass is 32.2. The fourth-order valence-corrected chi connectivity index (χ4v) is 2.32. The summed E-state index contributed by atoms with van der Waals surface area (Å²) in [6, 6.07) is 6.66. The van der Waals surface area contributed by atoms with Gasteiger partial charge in [-0.1, -0.05) is 0 Å². The van der Waals surface area contributed by atoms with Gasteiger partial charge in [-0.2, -0.15) is 0 Å². The molecule has 1 unspecified atom stereocenters. The van der Waals surface area contributed by atoms with E-state index in [9.17, 15) is 13.2 Å². The first-order valence-corrected chi connectivity index (χ1v) is 8.63. The lowest BCUT2D eigenvalue weighted by Crippen LogP contribution is -2.17. The minimum absolute atomic E-state index is 0.0189. The Hall–Kier alpha value is -1.60. The second-order valence-corrected chi connectivity index (χ2v) is 7.01. The molecule has 0 aliphatic heterocycles. The quantitative estimate of drug-likeness (QED) is 0.682. The van der Waals surface area contributed by atoms with E-state index < -0.39 is 10.0 Å². The van der Waals surface area contributed by atoms with Crippen molar-refractivity contribution in [1.82, 2.24) is 0 Å². The molecule has 4 N–H and O–H groups in total. The first-order chi connectivity index (χ1) is 9.82. The van der Waals surface area contributed by atoms with E-state index in [1.807, 2.05) is 6.92 Å². The Bertz CT molecular complexity index is 553. The minimum Gasteiger partial charge on any atom is -0.328 e. The molecule has 0 aliphatic rings. The maximum absolute atomic E-state index is 11.7. The normalized spacial score (nSPS) is 12.7. The van der Waals surface area contributed by atoms with Gasteiger partial charge in [0.15, 0.2) is 0 Å². The molecule has 0 spiro atoms. The van der Waals surface area contributed by atoms with Crippen LogP contribution in [0, 0.1) is 0 Å². The van der Waals surface area contributed by atoms with E-state index in [-0.39, 0.29) is 17.7 Å². The lowest BCUT2D eigenvalue weighted by atomic mass is 10.1. The van der Waals surface area contributed by atoms with E-state index in [4.69, 9.17) is 5.73 Å². The molecule has 118 valence electrons. The number of anilines is 2. The largest absolute Gasteiger partial charge is 0.328 e. The lowest BCUT2D eigenvalue weighted by Gasteiger charge is -2.09. The van der Waals surface area contributed by atoms with Gasteiger partial charge < -0.3 is 11.1 Å². The Morgan fingerprint density at radius 3 is 2.33 bits per heavy atom. The molecule has 1 amide bonds. The van der Waals surface area contributed by atoms with Gasteiger partial charge in [-0.3, -0.25) is 9.52 Å². The number of nitrogens with two attached hydrogens (primary N) is 1. The molecule has 0 aliphatic carbocycles. The minimum atomic E-state index is -3.28. The predicted octanol–water partition coefficient (Wildman–Crippen LogP) is 1.90. The summed E-state index contributed by atoms with van der Waals surface area (Å²) in [5.41, 5.74) is 6.74. The Kier molecular flexibility index (Phi) is 6.64. The number of nitrogens with one attached hydrogen (secondary N) is 2. The van der Waals surface area contributed by atoms with Crippen LogP contribution >= 0.6 is 0 Å². The maximum Gasteiger partial charge on any atom is 0.232 e. The summed E-state index contributed by atoms with van der Waals surface area (Å²) in [6.07, 6.45) is 1.98. The summed E-state index contributed by atoms with van der Waals surface area (Å²) in [7, 11) is -3.28. The highest BCUT2D eigenvalue weighted by Gasteiger charge is 2.07. The molecule has 21 heavy (non-hydrogen) atoms. The third kappa shape index (κ3) is 7.10. The van der Waals surface area contributed by atoms with Crippen molar-refractivity contribution < 1.29 is 13.2 Å². The average molecular weight is 313 g/mol. The van der Waals surface area contributed by atoms with Crippen LogP contribution in [0.4, 0.5) is 11.4 Å². The van der Waals surface area contributed by atoms with Crippen molar-refractivity contribution >= 4 is 27.3 Å². The molecule has 0 saturated carbocycles. The monoisotopic (exact) mass is 313 g/mol. The van der Waals surface area contributed by atoms with Crippen LogP contribution < -0.4 is 15.8 Å². The van der Waals surface area contributed by atoms with E-state index in [0.29, 0.717) is 17.8 Å². The van der Waals surface area contributed by atoms with Gasteiger partial charge in [-0.25, -0.2) is 8.42 Å². The second kappa shape index (κ2) is 7.99. The second-order valence-electron chi connectivity index (χ2n) is 5.00. The maximum atomic E-state index is 11.7. The van der Waals surface area contributed by atoms with Crippen LogP contribution in [0.1, 0.15) is 33.1 Å². The van der Waals surface area contributed by atoms with E-state index in [1.165, 1.54) is 0 Å². The fourth-order valence-electron chi connectivity index (χ4n) is 1.68. The summed E-state index contributed by atoms with van der Waals surface area (Å²) < 4.78 is 25.3. The predicted molar refractivity (Wildman–Crippen MR) is 85.7 cm³/mol. The Morgan fingerprint density at radius 2 is 1.81 bits per heavy atom. The molecule has 1 atom stereocenters.